The van der Waals surface area contributed by atoms with Crippen LogP contribution in [0, 0.1) is 16.7 Å². The summed E-state index contributed by atoms with van der Waals surface area (Å²) in [5, 5.41) is 15.5. The standard InChI is InChI=1S/C22H29N5O/c1-15(2)12-27-13-22(3,14-27)21(28)26-20-8-18-7-16(19(9-23)10-24-4)5-6-17(18)11-25-20/h5-11,15,23-24H,12-14H2,1-4H3,(H,25,26,28)/b19-10+,23-9?. The Kier molecular flexibility index (Phi) is 5.79. The van der Waals surface area contributed by atoms with Gasteiger partial charge in [0, 0.05) is 56.3 Å². The van der Waals surface area contributed by atoms with E-state index in [4.69, 9.17) is 5.41 Å². The van der Waals surface area contributed by atoms with Gasteiger partial charge in [0.05, 0.1) is 5.41 Å². The number of benzene rings is 1. The van der Waals surface area contributed by atoms with E-state index in [0.29, 0.717) is 11.7 Å². The van der Waals surface area contributed by atoms with Gasteiger partial charge in [0.2, 0.25) is 5.91 Å². The molecule has 148 valence electrons. The molecule has 0 saturated carbocycles. The molecule has 0 aliphatic carbocycles. The number of amides is 1. The third-order valence-electron chi connectivity index (χ3n) is 5.07. The smallest absolute Gasteiger partial charge is 0.234 e. The van der Waals surface area contributed by atoms with Crippen molar-refractivity contribution >= 4 is 34.3 Å². The maximum Gasteiger partial charge on any atom is 0.234 e. The first kappa shape index (κ1) is 20.0. The highest BCUT2D eigenvalue weighted by atomic mass is 16.2. The number of pyridine rings is 1. The van der Waals surface area contributed by atoms with Gasteiger partial charge in [-0.25, -0.2) is 4.98 Å². The first-order chi connectivity index (χ1) is 13.3. The second-order valence-corrected chi connectivity index (χ2v) is 8.24. The van der Waals surface area contributed by atoms with Crippen molar-refractivity contribution < 1.29 is 4.79 Å². The number of rotatable bonds is 7. The molecule has 1 fully saturated rings. The van der Waals surface area contributed by atoms with Crippen molar-refractivity contribution in [1.29, 1.82) is 5.41 Å². The molecule has 0 bridgehead atoms. The van der Waals surface area contributed by atoms with Crippen molar-refractivity contribution in [3.8, 4) is 0 Å². The molecule has 0 unspecified atom stereocenters. The van der Waals surface area contributed by atoms with Crippen molar-refractivity contribution in [1.82, 2.24) is 15.2 Å². The predicted octanol–water partition coefficient (Wildman–Crippen LogP) is 3.36. The summed E-state index contributed by atoms with van der Waals surface area (Å²) in [5.74, 6) is 1.18. The SMILES string of the molecule is CN/C=C(\C=N)c1ccc2cnc(NC(=O)C3(C)CN(CC(C)C)C3)cc2c1. The molecular formula is C22H29N5O. The molecule has 3 N–H and O–H groups in total. The molecule has 3 rings (SSSR count). The average molecular weight is 380 g/mol. The zero-order valence-corrected chi connectivity index (χ0v) is 17.0. The van der Waals surface area contributed by atoms with E-state index in [9.17, 15) is 4.79 Å². The van der Waals surface area contributed by atoms with Gasteiger partial charge in [0.15, 0.2) is 0 Å². The van der Waals surface area contributed by atoms with Crippen LogP contribution in [0.3, 0.4) is 0 Å². The number of allylic oxidation sites excluding steroid dienone is 1. The lowest BCUT2D eigenvalue weighted by Gasteiger charge is -2.47. The van der Waals surface area contributed by atoms with Gasteiger partial charge in [-0.15, -0.1) is 0 Å². The average Bonchev–Trinajstić information content (AvgIpc) is 2.63. The minimum atomic E-state index is -0.365. The molecule has 0 spiro atoms. The van der Waals surface area contributed by atoms with Crippen LogP contribution in [-0.4, -0.2) is 48.7 Å². The topological polar surface area (TPSA) is 81.1 Å². The van der Waals surface area contributed by atoms with Gasteiger partial charge in [-0.1, -0.05) is 26.0 Å². The fourth-order valence-electron chi connectivity index (χ4n) is 3.75. The molecule has 2 heterocycles. The van der Waals surface area contributed by atoms with Gasteiger partial charge < -0.3 is 20.9 Å². The molecule has 1 amide bonds. The molecule has 28 heavy (non-hydrogen) atoms. The molecule has 1 aromatic carbocycles. The number of fused-ring (bicyclic) bond motifs is 1. The summed E-state index contributed by atoms with van der Waals surface area (Å²) in [6, 6.07) is 7.85. The van der Waals surface area contributed by atoms with Crippen LogP contribution in [0.2, 0.25) is 0 Å². The summed E-state index contributed by atoms with van der Waals surface area (Å²) in [7, 11) is 1.81. The zero-order valence-electron chi connectivity index (χ0n) is 17.0. The Balaban J connectivity index is 1.76. The highest BCUT2D eigenvalue weighted by Gasteiger charge is 2.45. The molecule has 1 aliphatic heterocycles. The summed E-state index contributed by atoms with van der Waals surface area (Å²) in [5.41, 5.74) is 1.37. The van der Waals surface area contributed by atoms with E-state index in [1.807, 2.05) is 38.2 Å². The van der Waals surface area contributed by atoms with Gasteiger partial charge in [0.1, 0.15) is 5.82 Å². The minimum absolute atomic E-state index is 0.0192. The van der Waals surface area contributed by atoms with E-state index < -0.39 is 0 Å². The number of likely N-dealkylation sites (tertiary alicyclic amines) is 1. The van der Waals surface area contributed by atoms with Gasteiger partial charge in [-0.2, -0.15) is 0 Å². The molecule has 0 atom stereocenters. The maximum atomic E-state index is 12.8. The second-order valence-electron chi connectivity index (χ2n) is 8.24. The normalized spacial score (nSPS) is 16.7. The number of anilines is 1. The zero-order chi connectivity index (χ0) is 20.3. The van der Waals surface area contributed by atoms with Crippen LogP contribution in [-0.2, 0) is 4.79 Å². The third kappa shape index (κ3) is 4.22. The predicted molar refractivity (Wildman–Crippen MR) is 116 cm³/mol. The Labute approximate surface area is 166 Å². The number of nitrogens with zero attached hydrogens (tertiary/aromatic N) is 2. The van der Waals surface area contributed by atoms with Crippen LogP contribution in [0.25, 0.3) is 16.3 Å². The fourth-order valence-corrected chi connectivity index (χ4v) is 3.75. The molecule has 0 radical (unpaired) electrons. The Morgan fingerprint density at radius 1 is 1.32 bits per heavy atom. The van der Waals surface area contributed by atoms with Crippen LogP contribution in [0.15, 0.2) is 36.7 Å². The third-order valence-corrected chi connectivity index (χ3v) is 5.07. The van der Waals surface area contributed by atoms with Crippen LogP contribution < -0.4 is 10.6 Å². The first-order valence-corrected chi connectivity index (χ1v) is 9.66. The van der Waals surface area contributed by atoms with Gasteiger partial charge in [0.25, 0.3) is 0 Å². The number of carbonyl (C=O) groups is 1. The molecule has 6 heteroatoms. The van der Waals surface area contributed by atoms with Crippen LogP contribution >= 0.6 is 0 Å². The van der Waals surface area contributed by atoms with Crippen molar-refractivity contribution in [3.05, 3.63) is 42.2 Å². The van der Waals surface area contributed by atoms with Crippen molar-refractivity contribution in [3.63, 3.8) is 0 Å². The van der Waals surface area contributed by atoms with Crippen molar-refractivity contribution in [2.75, 3.05) is 32.0 Å². The van der Waals surface area contributed by atoms with E-state index in [1.165, 1.54) is 6.21 Å². The minimum Gasteiger partial charge on any atom is -0.393 e. The quantitative estimate of drug-likeness (QED) is 0.645. The highest BCUT2D eigenvalue weighted by molar-refractivity contribution is 6.09. The first-order valence-electron chi connectivity index (χ1n) is 9.66. The summed E-state index contributed by atoms with van der Waals surface area (Å²) in [6.07, 6.45) is 4.88. The van der Waals surface area contributed by atoms with Crippen LogP contribution in [0.1, 0.15) is 26.3 Å². The molecule has 2 aromatic rings. The van der Waals surface area contributed by atoms with Crippen LogP contribution in [0.5, 0.6) is 0 Å². The summed E-state index contributed by atoms with van der Waals surface area (Å²) in [4.78, 5) is 19.5. The summed E-state index contributed by atoms with van der Waals surface area (Å²) >= 11 is 0. The van der Waals surface area contributed by atoms with Gasteiger partial charge in [-0.05, 0) is 35.9 Å². The summed E-state index contributed by atoms with van der Waals surface area (Å²) in [6.45, 7) is 8.99. The Morgan fingerprint density at radius 3 is 2.71 bits per heavy atom. The largest absolute Gasteiger partial charge is 0.393 e. The number of carbonyl (C=O) groups excluding carboxylic acids is 1. The lowest BCUT2D eigenvalue weighted by atomic mass is 9.80. The molecule has 1 aromatic heterocycles. The Hall–Kier alpha value is -2.73. The maximum absolute atomic E-state index is 12.8. The van der Waals surface area contributed by atoms with Gasteiger partial charge in [-0.3, -0.25) is 4.79 Å². The fraction of sp³-hybridized carbons (Fsp3) is 0.409. The second kappa shape index (κ2) is 8.10. The number of aromatic nitrogens is 1. The monoisotopic (exact) mass is 379 g/mol. The lowest BCUT2D eigenvalue weighted by Crippen LogP contribution is -2.60. The van der Waals surface area contributed by atoms with E-state index in [-0.39, 0.29) is 11.3 Å². The number of hydrogen-bond donors (Lipinski definition) is 3. The van der Waals surface area contributed by atoms with E-state index in [1.54, 1.807) is 12.4 Å². The van der Waals surface area contributed by atoms with Crippen LogP contribution in [0.4, 0.5) is 5.82 Å². The Morgan fingerprint density at radius 2 is 2.07 bits per heavy atom. The number of nitrogens with one attached hydrogen (secondary N) is 3. The summed E-state index contributed by atoms with van der Waals surface area (Å²) < 4.78 is 0. The lowest BCUT2D eigenvalue weighted by molar-refractivity contribution is -0.134. The molecule has 1 aliphatic rings. The highest BCUT2D eigenvalue weighted by Crippen LogP contribution is 2.32. The molecule has 1 saturated heterocycles. The van der Waals surface area contributed by atoms with E-state index in [2.05, 4.69) is 34.4 Å². The van der Waals surface area contributed by atoms with Crippen molar-refractivity contribution in [2.24, 2.45) is 11.3 Å². The molecular weight excluding hydrogens is 350 g/mol. The molecule has 6 nitrogen and oxygen atoms in total. The Bertz CT molecular complexity index is 912. The number of hydrogen-bond acceptors (Lipinski definition) is 5. The van der Waals surface area contributed by atoms with E-state index >= 15 is 0 Å². The van der Waals surface area contributed by atoms with Crippen molar-refractivity contribution in [2.45, 2.75) is 20.8 Å². The van der Waals surface area contributed by atoms with Gasteiger partial charge >= 0.3 is 0 Å². The van der Waals surface area contributed by atoms with E-state index in [0.717, 1.165) is 41.5 Å².